The van der Waals surface area contributed by atoms with Gasteiger partial charge in [-0.15, -0.1) is 0 Å². The van der Waals surface area contributed by atoms with Gasteiger partial charge in [0.2, 0.25) is 0 Å². The molecule has 0 atom stereocenters. The van der Waals surface area contributed by atoms with E-state index in [2.05, 4.69) is 4.99 Å². The average molecular weight is 555 g/mol. The van der Waals surface area contributed by atoms with Crippen molar-refractivity contribution in [3.8, 4) is 5.75 Å². The van der Waals surface area contributed by atoms with Gasteiger partial charge < -0.3 is 31.3 Å². The Morgan fingerprint density at radius 3 is 2.12 bits per heavy atom. The third-order valence-corrected chi connectivity index (χ3v) is 6.02. The molecule has 0 fully saturated rings. The number of amides is 1. The van der Waals surface area contributed by atoms with Crippen LogP contribution in [0.5, 0.6) is 5.75 Å². The van der Waals surface area contributed by atoms with E-state index in [9.17, 15) is 24.3 Å². The predicted molar refractivity (Wildman–Crippen MR) is 151 cm³/mol. The standard InChI is InChI=1S/C30H26N4O7/c31-30(32)33-22-10-8-20(9-11-22)29(40)41-23-12-13-24-21(15-23)2-1-3-25(24)28(39)34(17-27(37)38)16-19-6-4-18(5-7-19)14-26(35)36/h1-13,15H,14,16-17H2,(H,35,36)(H,37,38)(H4,31,32,33). The van der Waals surface area contributed by atoms with Crippen molar-refractivity contribution < 1.29 is 34.1 Å². The third kappa shape index (κ3) is 7.45. The van der Waals surface area contributed by atoms with Crippen LogP contribution in [0.2, 0.25) is 0 Å². The molecule has 6 N–H and O–H groups in total. The molecule has 4 rings (SSSR count). The van der Waals surface area contributed by atoms with E-state index in [0.29, 0.717) is 27.6 Å². The van der Waals surface area contributed by atoms with Crippen LogP contribution in [0.4, 0.5) is 5.69 Å². The first-order chi connectivity index (χ1) is 19.6. The van der Waals surface area contributed by atoms with Crippen molar-refractivity contribution in [3.05, 3.63) is 107 Å². The topological polar surface area (TPSA) is 186 Å². The summed E-state index contributed by atoms with van der Waals surface area (Å²) in [5.41, 5.74) is 13.0. The van der Waals surface area contributed by atoms with Crippen molar-refractivity contribution in [3.63, 3.8) is 0 Å². The number of carboxylic acid groups (broad SMARTS) is 2. The first-order valence-electron chi connectivity index (χ1n) is 12.3. The lowest BCUT2D eigenvalue weighted by Crippen LogP contribution is -2.35. The molecule has 0 aliphatic carbocycles. The maximum Gasteiger partial charge on any atom is 0.343 e. The number of fused-ring (bicyclic) bond motifs is 1. The Bertz CT molecular complexity index is 1640. The molecule has 0 heterocycles. The van der Waals surface area contributed by atoms with Crippen molar-refractivity contribution in [2.75, 3.05) is 6.54 Å². The van der Waals surface area contributed by atoms with E-state index in [0.717, 1.165) is 0 Å². The molecule has 11 nitrogen and oxygen atoms in total. The quantitative estimate of drug-likeness (QED) is 0.0987. The van der Waals surface area contributed by atoms with E-state index in [1.54, 1.807) is 72.8 Å². The van der Waals surface area contributed by atoms with E-state index in [-0.39, 0.29) is 35.8 Å². The SMILES string of the molecule is NC(N)=Nc1ccc(C(=O)Oc2ccc3c(C(=O)N(CC(=O)O)Cc4ccc(CC(=O)O)cc4)cccc3c2)cc1. The molecule has 1 amide bonds. The fourth-order valence-corrected chi connectivity index (χ4v) is 4.19. The average Bonchev–Trinajstić information content (AvgIpc) is 2.92. The van der Waals surface area contributed by atoms with E-state index in [1.165, 1.54) is 17.0 Å². The highest BCUT2D eigenvalue weighted by molar-refractivity contribution is 6.08. The predicted octanol–water partition coefficient (Wildman–Crippen LogP) is 3.32. The Hall–Kier alpha value is -5.71. The highest BCUT2D eigenvalue weighted by atomic mass is 16.5. The molecule has 0 bridgehead atoms. The van der Waals surface area contributed by atoms with Gasteiger partial charge >= 0.3 is 17.9 Å². The van der Waals surface area contributed by atoms with E-state index in [1.807, 2.05) is 0 Å². The van der Waals surface area contributed by atoms with Gasteiger partial charge in [0, 0.05) is 12.1 Å². The minimum absolute atomic E-state index is 0.00649. The van der Waals surface area contributed by atoms with Gasteiger partial charge in [-0.2, -0.15) is 0 Å². The number of ether oxygens (including phenoxy) is 1. The molecule has 41 heavy (non-hydrogen) atoms. The van der Waals surface area contributed by atoms with Gasteiger partial charge in [-0.1, -0.05) is 36.4 Å². The number of carboxylic acids is 2. The Morgan fingerprint density at radius 2 is 1.49 bits per heavy atom. The highest BCUT2D eigenvalue weighted by Gasteiger charge is 2.21. The first kappa shape index (κ1) is 28.3. The number of nitrogens with zero attached hydrogens (tertiary/aromatic N) is 2. The molecule has 4 aromatic rings. The van der Waals surface area contributed by atoms with Gasteiger partial charge in [0.1, 0.15) is 12.3 Å². The molecule has 0 saturated carbocycles. The number of guanidine groups is 1. The maximum absolute atomic E-state index is 13.5. The molecular weight excluding hydrogens is 528 g/mol. The summed E-state index contributed by atoms with van der Waals surface area (Å²) < 4.78 is 5.51. The highest BCUT2D eigenvalue weighted by Crippen LogP contribution is 2.26. The van der Waals surface area contributed by atoms with Crippen molar-refractivity contribution >= 4 is 46.2 Å². The van der Waals surface area contributed by atoms with Crippen molar-refractivity contribution in [2.24, 2.45) is 16.5 Å². The van der Waals surface area contributed by atoms with Crippen LogP contribution in [-0.2, 0) is 22.6 Å². The number of rotatable bonds is 10. The number of esters is 1. The number of hydrogen-bond donors (Lipinski definition) is 4. The summed E-state index contributed by atoms with van der Waals surface area (Å²) in [6.45, 7) is -0.531. The number of aliphatic imine (C=N–C) groups is 1. The fraction of sp³-hybridized carbons (Fsp3) is 0.100. The lowest BCUT2D eigenvalue weighted by Gasteiger charge is -2.22. The van der Waals surface area contributed by atoms with Crippen LogP contribution in [0, 0.1) is 0 Å². The number of nitrogens with two attached hydrogens (primary N) is 2. The fourth-order valence-electron chi connectivity index (χ4n) is 4.19. The van der Waals surface area contributed by atoms with Gasteiger partial charge in [0.25, 0.3) is 5.91 Å². The molecule has 208 valence electrons. The molecule has 0 aliphatic heterocycles. The molecule has 0 saturated heterocycles. The minimum atomic E-state index is -1.18. The molecule has 0 aromatic heterocycles. The van der Waals surface area contributed by atoms with Crippen LogP contribution in [0.1, 0.15) is 31.8 Å². The normalized spacial score (nSPS) is 10.5. The second-order valence-corrected chi connectivity index (χ2v) is 9.10. The smallest absolute Gasteiger partial charge is 0.343 e. The molecule has 4 aromatic carbocycles. The van der Waals surface area contributed by atoms with Crippen LogP contribution in [0.15, 0.2) is 89.9 Å². The second kappa shape index (κ2) is 12.4. The zero-order chi connectivity index (χ0) is 29.5. The van der Waals surface area contributed by atoms with Crippen LogP contribution in [-0.4, -0.2) is 51.4 Å². The van der Waals surface area contributed by atoms with E-state index >= 15 is 0 Å². The summed E-state index contributed by atoms with van der Waals surface area (Å²) in [7, 11) is 0. The molecule has 0 radical (unpaired) electrons. The van der Waals surface area contributed by atoms with Gasteiger partial charge in [-0.05, 0) is 70.4 Å². The Kier molecular flexibility index (Phi) is 8.58. The minimum Gasteiger partial charge on any atom is -0.481 e. The van der Waals surface area contributed by atoms with E-state index in [4.69, 9.17) is 21.3 Å². The van der Waals surface area contributed by atoms with Gasteiger partial charge in [0.15, 0.2) is 5.96 Å². The monoisotopic (exact) mass is 554 g/mol. The molecular formula is C30H26N4O7. The zero-order valence-electron chi connectivity index (χ0n) is 21.7. The molecule has 0 spiro atoms. The zero-order valence-corrected chi connectivity index (χ0v) is 21.7. The van der Waals surface area contributed by atoms with Crippen molar-refractivity contribution in [1.82, 2.24) is 4.90 Å². The van der Waals surface area contributed by atoms with Crippen LogP contribution in [0.3, 0.4) is 0 Å². The van der Waals surface area contributed by atoms with Gasteiger partial charge in [-0.3, -0.25) is 14.4 Å². The lowest BCUT2D eigenvalue weighted by molar-refractivity contribution is -0.138. The summed E-state index contributed by atoms with van der Waals surface area (Å²) in [6, 6.07) is 22.6. The summed E-state index contributed by atoms with van der Waals surface area (Å²) in [5, 5.41) is 19.6. The third-order valence-electron chi connectivity index (χ3n) is 6.02. The first-order valence-corrected chi connectivity index (χ1v) is 12.3. The number of aliphatic carboxylic acids is 2. The molecule has 0 unspecified atom stereocenters. The Labute approximate surface area is 234 Å². The second-order valence-electron chi connectivity index (χ2n) is 9.10. The van der Waals surface area contributed by atoms with Gasteiger partial charge in [0.05, 0.1) is 17.7 Å². The molecule has 11 heteroatoms. The largest absolute Gasteiger partial charge is 0.481 e. The summed E-state index contributed by atoms with van der Waals surface area (Å²) in [4.78, 5) is 53.8. The van der Waals surface area contributed by atoms with Crippen LogP contribution >= 0.6 is 0 Å². The molecule has 0 aliphatic rings. The maximum atomic E-state index is 13.5. The Morgan fingerprint density at radius 1 is 0.805 bits per heavy atom. The lowest BCUT2D eigenvalue weighted by atomic mass is 10.0. The van der Waals surface area contributed by atoms with Crippen molar-refractivity contribution in [1.29, 1.82) is 0 Å². The number of carbonyl (C=O) groups excluding carboxylic acids is 2. The number of carbonyl (C=O) groups is 4. The number of hydrogen-bond acceptors (Lipinski definition) is 6. The Balaban J connectivity index is 1.54. The summed E-state index contributed by atoms with van der Waals surface area (Å²) in [5.74, 6) is -3.10. The van der Waals surface area contributed by atoms with E-state index < -0.39 is 30.4 Å². The van der Waals surface area contributed by atoms with Crippen LogP contribution < -0.4 is 16.2 Å². The summed E-state index contributed by atoms with van der Waals surface area (Å²) >= 11 is 0. The van der Waals surface area contributed by atoms with Crippen LogP contribution in [0.25, 0.3) is 10.8 Å². The van der Waals surface area contributed by atoms with Crippen molar-refractivity contribution in [2.45, 2.75) is 13.0 Å². The number of benzene rings is 4. The summed E-state index contributed by atoms with van der Waals surface area (Å²) in [6.07, 6.45) is -0.142. The van der Waals surface area contributed by atoms with Gasteiger partial charge in [-0.25, -0.2) is 9.79 Å².